The monoisotopic (exact) mass is 389 g/mol. The maximum Gasteiger partial charge on any atom is 0.218 e. The molecular weight excluding hydrogens is 357 g/mol. The highest BCUT2D eigenvalue weighted by Crippen LogP contribution is 2.05. The van der Waals surface area contributed by atoms with Crippen LogP contribution in [0.5, 0.6) is 0 Å². The first-order chi connectivity index (χ1) is 11.1. The normalized spacial score (nSPS) is 11.4. The Bertz CT molecular complexity index is 491. The summed E-state index contributed by atoms with van der Waals surface area (Å²) in [6.45, 7) is 3.64. The van der Waals surface area contributed by atoms with Gasteiger partial charge in [0, 0.05) is 20.1 Å². The van der Waals surface area contributed by atoms with E-state index in [1.807, 2.05) is 30.1 Å². The van der Waals surface area contributed by atoms with E-state index in [9.17, 15) is 0 Å². The van der Waals surface area contributed by atoms with Crippen LogP contribution in [0, 0.1) is 0 Å². The lowest BCUT2D eigenvalue weighted by Gasteiger charge is -2.17. The predicted molar refractivity (Wildman–Crippen MR) is 114 cm³/mol. The van der Waals surface area contributed by atoms with Crippen molar-refractivity contribution < 1.29 is 0 Å². The second-order valence-electron chi connectivity index (χ2n) is 5.82. The van der Waals surface area contributed by atoms with Crippen molar-refractivity contribution in [3.63, 3.8) is 0 Å². The van der Waals surface area contributed by atoms with E-state index in [-0.39, 0.29) is 30.8 Å². The van der Waals surface area contributed by atoms with Crippen molar-refractivity contribution in [3.05, 3.63) is 35.9 Å². The standard InChI is InChI=1S/C18H31N5.2ClH/c1-3-4-5-6-7-11-14-21-17(19)22-18(20)23(2)15-16-12-9-8-10-13-16;;/h8-10,12-13H,3-7,11,14-15H2,1-2H3,(H4,19,20,21,22);2*1H. The van der Waals surface area contributed by atoms with E-state index in [1.165, 1.54) is 37.7 Å². The van der Waals surface area contributed by atoms with Gasteiger partial charge in [0.2, 0.25) is 5.96 Å². The molecule has 0 saturated carbocycles. The number of guanidine groups is 2. The Kier molecular flexibility index (Phi) is 16.5. The molecule has 0 aliphatic rings. The number of aliphatic imine (C=N–C) groups is 2. The summed E-state index contributed by atoms with van der Waals surface area (Å²) >= 11 is 0. The molecule has 0 spiro atoms. The first-order valence-corrected chi connectivity index (χ1v) is 8.52. The van der Waals surface area contributed by atoms with Crippen LogP contribution >= 0.6 is 24.8 Å². The number of unbranched alkanes of at least 4 members (excludes halogenated alkanes) is 5. The van der Waals surface area contributed by atoms with Crippen molar-refractivity contribution >= 4 is 36.7 Å². The summed E-state index contributed by atoms with van der Waals surface area (Å²) in [5.74, 6) is 0.647. The maximum absolute atomic E-state index is 5.97. The number of rotatable bonds is 9. The second kappa shape index (κ2) is 16.0. The van der Waals surface area contributed by atoms with E-state index in [0.29, 0.717) is 12.5 Å². The van der Waals surface area contributed by atoms with Gasteiger partial charge in [-0.1, -0.05) is 69.4 Å². The largest absolute Gasteiger partial charge is 0.369 e. The highest BCUT2D eigenvalue weighted by molar-refractivity contribution is 5.93. The van der Waals surface area contributed by atoms with Gasteiger partial charge in [-0.3, -0.25) is 4.99 Å². The zero-order chi connectivity index (χ0) is 16.9. The molecule has 0 radical (unpaired) electrons. The van der Waals surface area contributed by atoms with Gasteiger partial charge >= 0.3 is 0 Å². The van der Waals surface area contributed by atoms with Crippen molar-refractivity contribution in [2.24, 2.45) is 21.5 Å². The Labute approximate surface area is 164 Å². The van der Waals surface area contributed by atoms with Gasteiger partial charge in [0.15, 0.2) is 5.96 Å². The van der Waals surface area contributed by atoms with E-state index >= 15 is 0 Å². The van der Waals surface area contributed by atoms with Crippen LogP contribution in [0.25, 0.3) is 0 Å². The van der Waals surface area contributed by atoms with Crippen molar-refractivity contribution in [2.45, 2.75) is 52.0 Å². The molecule has 0 aliphatic carbocycles. The van der Waals surface area contributed by atoms with Gasteiger partial charge in [0.1, 0.15) is 0 Å². The predicted octanol–water partition coefficient (Wildman–Crippen LogP) is 3.95. The van der Waals surface area contributed by atoms with Crippen LogP contribution in [0.15, 0.2) is 40.3 Å². The van der Waals surface area contributed by atoms with Crippen molar-refractivity contribution in [3.8, 4) is 0 Å². The van der Waals surface area contributed by atoms with Crippen LogP contribution in [-0.4, -0.2) is 30.4 Å². The van der Waals surface area contributed by atoms with E-state index in [0.717, 1.165) is 13.0 Å². The average molecular weight is 390 g/mol. The van der Waals surface area contributed by atoms with E-state index in [4.69, 9.17) is 11.5 Å². The van der Waals surface area contributed by atoms with Crippen molar-refractivity contribution in [1.29, 1.82) is 0 Å². The lowest BCUT2D eigenvalue weighted by molar-refractivity contribution is 0.495. The average Bonchev–Trinajstić information content (AvgIpc) is 2.55. The summed E-state index contributed by atoms with van der Waals surface area (Å²) in [7, 11) is 1.90. The van der Waals surface area contributed by atoms with Gasteiger partial charge in [0.25, 0.3) is 0 Å². The topological polar surface area (TPSA) is 80.0 Å². The van der Waals surface area contributed by atoms with E-state index < -0.39 is 0 Å². The first-order valence-electron chi connectivity index (χ1n) is 8.52. The zero-order valence-electron chi connectivity index (χ0n) is 15.4. The molecule has 1 aromatic carbocycles. The molecule has 0 bridgehead atoms. The molecule has 7 heteroatoms. The molecule has 0 atom stereocenters. The maximum atomic E-state index is 5.97. The first kappa shape index (κ1) is 25.8. The molecule has 25 heavy (non-hydrogen) atoms. The SMILES string of the molecule is CCCCCCCCN=C(N)N=C(N)N(C)Cc1ccccc1.Cl.Cl. The van der Waals surface area contributed by atoms with Crippen LogP contribution in [0.4, 0.5) is 0 Å². The van der Waals surface area contributed by atoms with Gasteiger partial charge in [-0.25, -0.2) is 0 Å². The number of hydrogen-bond donors (Lipinski definition) is 2. The molecular formula is C18H33Cl2N5. The van der Waals surface area contributed by atoms with Gasteiger partial charge in [-0.15, -0.1) is 24.8 Å². The summed E-state index contributed by atoms with van der Waals surface area (Å²) in [5.41, 5.74) is 13.0. The highest BCUT2D eigenvalue weighted by atomic mass is 35.5. The number of hydrogen-bond acceptors (Lipinski definition) is 1. The summed E-state index contributed by atoms with van der Waals surface area (Å²) in [4.78, 5) is 10.3. The molecule has 0 aromatic heterocycles. The quantitative estimate of drug-likeness (QED) is 0.381. The summed E-state index contributed by atoms with van der Waals surface area (Å²) < 4.78 is 0. The summed E-state index contributed by atoms with van der Waals surface area (Å²) in [5, 5.41) is 0. The number of nitrogens with zero attached hydrogens (tertiary/aromatic N) is 3. The zero-order valence-corrected chi connectivity index (χ0v) is 17.0. The molecule has 1 aromatic rings. The highest BCUT2D eigenvalue weighted by Gasteiger charge is 2.03. The molecule has 0 amide bonds. The summed E-state index contributed by atoms with van der Waals surface area (Å²) in [6.07, 6.45) is 7.43. The minimum absolute atomic E-state index is 0. The van der Waals surface area contributed by atoms with Crippen molar-refractivity contribution in [2.75, 3.05) is 13.6 Å². The van der Waals surface area contributed by atoms with Crippen LogP contribution in [-0.2, 0) is 6.54 Å². The number of benzene rings is 1. The number of halogens is 2. The lowest BCUT2D eigenvalue weighted by atomic mass is 10.1. The van der Waals surface area contributed by atoms with Crippen molar-refractivity contribution in [1.82, 2.24) is 4.90 Å². The van der Waals surface area contributed by atoms with E-state index in [1.54, 1.807) is 0 Å². The Morgan fingerprint density at radius 1 is 0.960 bits per heavy atom. The molecule has 144 valence electrons. The fraction of sp³-hybridized carbons (Fsp3) is 0.556. The lowest BCUT2D eigenvalue weighted by Crippen LogP contribution is -2.35. The molecule has 1 rings (SSSR count). The van der Waals surface area contributed by atoms with Crippen LogP contribution in [0.2, 0.25) is 0 Å². The smallest absolute Gasteiger partial charge is 0.218 e. The minimum Gasteiger partial charge on any atom is -0.369 e. The fourth-order valence-corrected chi connectivity index (χ4v) is 2.26. The molecule has 4 N–H and O–H groups in total. The van der Waals surface area contributed by atoms with Gasteiger partial charge < -0.3 is 16.4 Å². The summed E-state index contributed by atoms with van der Waals surface area (Å²) in [6, 6.07) is 10.1. The number of nitrogens with two attached hydrogens (primary N) is 2. The second-order valence-corrected chi connectivity index (χ2v) is 5.82. The third-order valence-electron chi connectivity index (χ3n) is 3.67. The van der Waals surface area contributed by atoms with Gasteiger partial charge in [0.05, 0.1) is 0 Å². The Morgan fingerprint density at radius 2 is 1.56 bits per heavy atom. The third-order valence-corrected chi connectivity index (χ3v) is 3.67. The molecule has 0 heterocycles. The third kappa shape index (κ3) is 12.5. The molecule has 0 unspecified atom stereocenters. The minimum atomic E-state index is 0. The molecule has 0 aliphatic heterocycles. The molecule has 0 fully saturated rings. The molecule has 5 nitrogen and oxygen atoms in total. The van der Waals surface area contributed by atoms with Crippen LogP contribution in [0.1, 0.15) is 51.0 Å². The van der Waals surface area contributed by atoms with Gasteiger partial charge in [-0.2, -0.15) is 4.99 Å². The van der Waals surface area contributed by atoms with E-state index in [2.05, 4.69) is 29.0 Å². The van der Waals surface area contributed by atoms with Crippen LogP contribution < -0.4 is 11.5 Å². The molecule has 0 saturated heterocycles. The Hall–Kier alpha value is -1.46. The van der Waals surface area contributed by atoms with Gasteiger partial charge in [-0.05, 0) is 12.0 Å². The fourth-order valence-electron chi connectivity index (χ4n) is 2.26. The van der Waals surface area contributed by atoms with Crippen LogP contribution in [0.3, 0.4) is 0 Å². The Balaban J connectivity index is 0. The Morgan fingerprint density at radius 3 is 2.20 bits per heavy atom.